The Kier molecular flexibility index (Phi) is 65.5. The predicted molar refractivity (Wildman–Crippen MR) is 381 cm³/mol. The van der Waals surface area contributed by atoms with Crippen LogP contribution in [-0.2, 0) is 65.4 Å². The molecule has 0 aliphatic heterocycles. The maximum Gasteiger partial charge on any atom is 0.472 e. The Hall–Kier alpha value is -1.94. The van der Waals surface area contributed by atoms with Crippen molar-refractivity contribution in [2.75, 3.05) is 39.6 Å². The molecule has 94 heavy (non-hydrogen) atoms. The number of carbonyl (C=O) groups is 4. The van der Waals surface area contributed by atoms with Gasteiger partial charge in [0.15, 0.2) is 12.2 Å². The van der Waals surface area contributed by atoms with Gasteiger partial charge in [0.1, 0.15) is 19.3 Å². The van der Waals surface area contributed by atoms with Crippen molar-refractivity contribution in [1.82, 2.24) is 0 Å². The summed E-state index contributed by atoms with van der Waals surface area (Å²) in [5, 5.41) is 10.6. The highest BCUT2D eigenvalue weighted by Crippen LogP contribution is 2.45. The zero-order chi connectivity index (χ0) is 69.3. The smallest absolute Gasteiger partial charge is 0.462 e. The summed E-state index contributed by atoms with van der Waals surface area (Å²) in [5.74, 6) is -0.747. The van der Waals surface area contributed by atoms with Crippen LogP contribution in [-0.4, -0.2) is 96.7 Å². The predicted octanol–water partition coefficient (Wildman–Crippen LogP) is 21.9. The van der Waals surface area contributed by atoms with E-state index < -0.39 is 97.5 Å². The van der Waals surface area contributed by atoms with Crippen molar-refractivity contribution in [3.63, 3.8) is 0 Å². The fourth-order valence-electron chi connectivity index (χ4n) is 11.5. The first-order valence-electron chi connectivity index (χ1n) is 39.0. The standard InChI is InChI=1S/C75H146O17P2/c1-7-9-11-13-15-17-19-21-23-24-25-26-27-29-31-33-35-39-47-53-59-74(79)91-70(63-85-72(77)57-51-45-38-34-32-30-28-22-20-18-16-14-12-10-8-2)65-89-93(81,82)87-61-69(76)62-88-94(83,84)90-66-71(64-86-73(78)58-52-46-42-41-44-50-56-68(5)6)92-75(80)60-54-48-40-36-37-43-49-55-67(3)4/h67-71,76H,7-66H2,1-6H3,(H,81,82)(H,83,84)/t69-,70-,71-/m1/s1. The molecule has 0 rings (SSSR count). The number of aliphatic hydroxyl groups excluding tert-OH is 1. The van der Waals surface area contributed by atoms with Crippen LogP contribution in [0.1, 0.15) is 388 Å². The Morgan fingerprint density at radius 1 is 0.287 bits per heavy atom. The van der Waals surface area contributed by atoms with Crippen LogP contribution in [0.25, 0.3) is 0 Å². The number of carbonyl (C=O) groups excluding carboxylic acids is 4. The van der Waals surface area contributed by atoms with Crippen molar-refractivity contribution in [2.45, 2.75) is 407 Å². The quantitative estimate of drug-likeness (QED) is 0.0222. The lowest BCUT2D eigenvalue weighted by Gasteiger charge is -2.21. The number of esters is 4. The maximum atomic E-state index is 13.1. The van der Waals surface area contributed by atoms with E-state index in [1.54, 1.807) is 0 Å². The van der Waals surface area contributed by atoms with Crippen molar-refractivity contribution < 1.29 is 80.2 Å². The highest BCUT2D eigenvalue weighted by molar-refractivity contribution is 7.47. The molecule has 0 amide bonds. The molecule has 0 bridgehead atoms. The number of phosphoric acid groups is 2. The molecule has 0 fully saturated rings. The van der Waals surface area contributed by atoms with Crippen LogP contribution >= 0.6 is 15.6 Å². The summed E-state index contributed by atoms with van der Waals surface area (Å²) in [7, 11) is -9.91. The van der Waals surface area contributed by atoms with E-state index in [9.17, 15) is 43.2 Å². The van der Waals surface area contributed by atoms with E-state index >= 15 is 0 Å². The molecule has 3 N–H and O–H groups in total. The molecule has 0 radical (unpaired) electrons. The largest absolute Gasteiger partial charge is 0.472 e. The summed E-state index contributed by atoms with van der Waals surface area (Å²) in [4.78, 5) is 72.7. The Morgan fingerprint density at radius 2 is 0.489 bits per heavy atom. The molecule has 17 nitrogen and oxygen atoms in total. The van der Waals surface area contributed by atoms with Gasteiger partial charge in [0, 0.05) is 25.7 Å². The third kappa shape index (κ3) is 68.6. The van der Waals surface area contributed by atoms with Gasteiger partial charge in [-0.2, -0.15) is 0 Å². The van der Waals surface area contributed by atoms with E-state index in [1.165, 1.54) is 199 Å². The molecule has 0 aromatic rings. The van der Waals surface area contributed by atoms with Crippen molar-refractivity contribution in [3.05, 3.63) is 0 Å². The van der Waals surface area contributed by atoms with Gasteiger partial charge in [0.05, 0.1) is 26.4 Å². The summed E-state index contributed by atoms with van der Waals surface area (Å²) in [6, 6.07) is 0. The third-order valence-electron chi connectivity index (χ3n) is 17.5. The number of rotatable bonds is 74. The van der Waals surface area contributed by atoms with Crippen LogP contribution in [0.5, 0.6) is 0 Å². The summed E-state index contributed by atoms with van der Waals surface area (Å²) in [6.07, 6.45) is 54.5. The van der Waals surface area contributed by atoms with E-state index in [-0.39, 0.29) is 25.7 Å². The number of hydrogen-bond acceptors (Lipinski definition) is 15. The van der Waals surface area contributed by atoms with Gasteiger partial charge < -0.3 is 33.8 Å². The van der Waals surface area contributed by atoms with Crippen molar-refractivity contribution in [1.29, 1.82) is 0 Å². The maximum absolute atomic E-state index is 13.1. The number of hydrogen-bond donors (Lipinski definition) is 3. The van der Waals surface area contributed by atoms with Crippen LogP contribution < -0.4 is 0 Å². The second-order valence-electron chi connectivity index (χ2n) is 28.0. The Labute approximate surface area is 575 Å². The van der Waals surface area contributed by atoms with E-state index in [4.69, 9.17) is 37.0 Å². The number of ether oxygens (including phenoxy) is 4. The molecular weight excluding hydrogens is 1230 g/mol. The van der Waals surface area contributed by atoms with Crippen LogP contribution in [0, 0.1) is 11.8 Å². The monoisotopic (exact) mass is 1380 g/mol. The zero-order valence-electron chi connectivity index (χ0n) is 61.3. The fourth-order valence-corrected chi connectivity index (χ4v) is 13.1. The zero-order valence-corrected chi connectivity index (χ0v) is 63.1. The topological polar surface area (TPSA) is 237 Å². The van der Waals surface area contributed by atoms with E-state index in [1.807, 2.05) is 0 Å². The molecule has 0 saturated carbocycles. The fraction of sp³-hybridized carbons (Fsp3) is 0.947. The molecule has 0 aliphatic carbocycles. The van der Waals surface area contributed by atoms with Gasteiger partial charge in [0.25, 0.3) is 0 Å². The van der Waals surface area contributed by atoms with E-state index in [0.29, 0.717) is 37.5 Å². The lowest BCUT2D eigenvalue weighted by atomic mass is 10.0. The summed E-state index contributed by atoms with van der Waals surface area (Å²) >= 11 is 0. The van der Waals surface area contributed by atoms with Crippen LogP contribution in [0.15, 0.2) is 0 Å². The molecule has 0 aromatic carbocycles. The minimum atomic E-state index is -4.96. The molecule has 5 atom stereocenters. The summed E-state index contributed by atoms with van der Waals surface area (Å²) in [5.41, 5.74) is 0. The average Bonchev–Trinajstić information content (AvgIpc) is 1.56. The van der Waals surface area contributed by atoms with Crippen molar-refractivity contribution in [2.24, 2.45) is 11.8 Å². The number of aliphatic hydroxyl groups is 1. The first-order valence-corrected chi connectivity index (χ1v) is 42.0. The highest BCUT2D eigenvalue weighted by atomic mass is 31.2. The molecule has 2 unspecified atom stereocenters. The van der Waals surface area contributed by atoms with Gasteiger partial charge in [0.2, 0.25) is 0 Å². The summed E-state index contributed by atoms with van der Waals surface area (Å²) < 4.78 is 68.4. The normalized spacial score (nSPS) is 14.0. The molecule has 0 aromatic heterocycles. The van der Waals surface area contributed by atoms with Gasteiger partial charge in [-0.1, -0.05) is 337 Å². The van der Waals surface area contributed by atoms with Crippen molar-refractivity contribution in [3.8, 4) is 0 Å². The average molecular weight is 1380 g/mol. The molecule has 0 saturated heterocycles. The van der Waals surface area contributed by atoms with Crippen LogP contribution in [0.4, 0.5) is 0 Å². The molecule has 0 spiro atoms. The molecular formula is C75H146O17P2. The molecule has 19 heteroatoms. The highest BCUT2D eigenvalue weighted by Gasteiger charge is 2.30. The second kappa shape index (κ2) is 66.9. The minimum absolute atomic E-state index is 0.103. The van der Waals surface area contributed by atoms with Crippen molar-refractivity contribution >= 4 is 39.5 Å². The second-order valence-corrected chi connectivity index (χ2v) is 30.9. The lowest BCUT2D eigenvalue weighted by Crippen LogP contribution is -2.30. The first kappa shape index (κ1) is 92.1. The van der Waals surface area contributed by atoms with E-state index in [2.05, 4.69) is 41.5 Å². The Balaban J connectivity index is 5.19. The molecule has 0 heterocycles. The lowest BCUT2D eigenvalue weighted by molar-refractivity contribution is -0.161. The Bertz CT molecular complexity index is 1820. The van der Waals surface area contributed by atoms with Crippen LogP contribution in [0.3, 0.4) is 0 Å². The van der Waals surface area contributed by atoms with Gasteiger partial charge in [-0.25, -0.2) is 9.13 Å². The third-order valence-corrected chi connectivity index (χ3v) is 19.4. The minimum Gasteiger partial charge on any atom is -0.462 e. The summed E-state index contributed by atoms with van der Waals surface area (Å²) in [6.45, 7) is 9.44. The number of unbranched alkanes of at least 4 members (excludes halogenated alkanes) is 44. The number of phosphoric ester groups is 2. The SMILES string of the molecule is CCCCCCCCCCCCCCCCCCCCCCC(=O)O[C@H](COC(=O)CCCCCCCCCCCCCCCCC)COP(=O)(O)OC[C@@H](O)COP(=O)(O)OC[C@@H](COC(=O)CCCCCCCCC(C)C)OC(=O)CCCCCCCCCC(C)C. The molecule has 0 aliphatic rings. The first-order chi connectivity index (χ1) is 45.4. The van der Waals surface area contributed by atoms with Crippen LogP contribution in [0.2, 0.25) is 0 Å². The van der Waals surface area contributed by atoms with Gasteiger partial charge >= 0.3 is 39.5 Å². The van der Waals surface area contributed by atoms with E-state index in [0.717, 1.165) is 96.3 Å². The van der Waals surface area contributed by atoms with Gasteiger partial charge in [-0.05, 0) is 37.5 Å². The van der Waals surface area contributed by atoms with Gasteiger partial charge in [-0.15, -0.1) is 0 Å². The molecule has 558 valence electrons. The van der Waals surface area contributed by atoms with Gasteiger partial charge in [-0.3, -0.25) is 37.3 Å². The Morgan fingerprint density at radius 3 is 0.723 bits per heavy atom.